The third kappa shape index (κ3) is 5.42. The number of hydrogen-bond donors (Lipinski definition) is 1. The Kier molecular flexibility index (Phi) is 6.61. The Morgan fingerprint density at radius 3 is 2.19 bits per heavy atom. The topological polar surface area (TPSA) is 91.4 Å². The minimum atomic E-state index is -4.87. The molecule has 36 heavy (non-hydrogen) atoms. The number of para-hydroxylation sites is 1. The van der Waals surface area contributed by atoms with Crippen molar-refractivity contribution in [1.82, 2.24) is 19.9 Å². The van der Waals surface area contributed by atoms with E-state index >= 15 is 0 Å². The van der Waals surface area contributed by atoms with Crippen molar-refractivity contribution in [2.75, 3.05) is 31.1 Å². The van der Waals surface area contributed by atoms with E-state index in [2.05, 4.69) is 9.97 Å². The molecule has 1 aliphatic rings. The van der Waals surface area contributed by atoms with E-state index < -0.39 is 35.1 Å². The predicted molar refractivity (Wildman–Crippen MR) is 114 cm³/mol. The summed E-state index contributed by atoms with van der Waals surface area (Å²) in [6, 6.07) is 6.58. The van der Waals surface area contributed by atoms with Crippen LogP contribution < -0.4 is 15.2 Å². The van der Waals surface area contributed by atoms with E-state index in [0.29, 0.717) is 18.5 Å². The van der Waals surface area contributed by atoms with Crippen LogP contribution in [0.4, 0.5) is 37.1 Å². The maximum Gasteiger partial charge on any atom is 0.421 e. The van der Waals surface area contributed by atoms with Gasteiger partial charge in [0.05, 0.1) is 5.56 Å². The van der Waals surface area contributed by atoms with Gasteiger partial charge in [-0.05, 0) is 12.1 Å². The van der Waals surface area contributed by atoms with Gasteiger partial charge in [-0.15, -0.1) is 0 Å². The van der Waals surface area contributed by atoms with E-state index in [1.54, 1.807) is 4.90 Å². The number of pyridine rings is 1. The molecule has 0 radical (unpaired) electrons. The normalized spacial score (nSPS) is 14.6. The van der Waals surface area contributed by atoms with Gasteiger partial charge in [0.15, 0.2) is 0 Å². The maximum absolute atomic E-state index is 13.1. The summed E-state index contributed by atoms with van der Waals surface area (Å²) >= 11 is 0. The number of anilines is 1. The summed E-state index contributed by atoms with van der Waals surface area (Å²) in [7, 11) is 0. The van der Waals surface area contributed by atoms with Gasteiger partial charge < -0.3 is 19.5 Å². The molecule has 0 atom stereocenters. The molecule has 2 aromatic heterocycles. The highest BCUT2D eigenvalue weighted by molar-refractivity contribution is 5.77. The van der Waals surface area contributed by atoms with Gasteiger partial charge in [-0.25, -0.2) is 14.8 Å². The fraction of sp³-hybridized carbons (Fsp3) is 0.273. The quantitative estimate of drug-likeness (QED) is 0.529. The molecule has 0 spiro atoms. The van der Waals surface area contributed by atoms with Crippen molar-refractivity contribution in [2.24, 2.45) is 0 Å². The summed E-state index contributed by atoms with van der Waals surface area (Å²) in [5.74, 6) is 0.0658. The van der Waals surface area contributed by atoms with Gasteiger partial charge in [0.25, 0.3) is 5.56 Å². The molecule has 0 aliphatic carbocycles. The van der Waals surface area contributed by atoms with E-state index in [-0.39, 0.29) is 49.0 Å². The molecule has 1 amide bonds. The number of amides is 1. The van der Waals surface area contributed by atoms with Crippen LogP contribution in [-0.2, 0) is 12.4 Å². The standard InChI is InChI=1S/C22H17F6N5O3/c23-21(24,25)14-11-30-19(31-12-14)32-5-7-33(8-6-32)20(35)36-17-4-2-1-3-15(17)13-9-16(22(26,27)28)18(34)29-10-13/h1-4,9-12H,5-8H2,(H,29,34). The van der Waals surface area contributed by atoms with Crippen molar-refractivity contribution < 1.29 is 35.9 Å². The number of carbonyl (C=O) groups is 1. The second-order valence-electron chi connectivity index (χ2n) is 7.74. The predicted octanol–water partition coefficient (Wildman–Crippen LogP) is 4.19. The smallest absolute Gasteiger partial charge is 0.410 e. The molecule has 1 fully saturated rings. The second-order valence-corrected chi connectivity index (χ2v) is 7.74. The summed E-state index contributed by atoms with van der Waals surface area (Å²) < 4.78 is 82.9. The first-order valence-corrected chi connectivity index (χ1v) is 10.4. The van der Waals surface area contributed by atoms with E-state index in [1.807, 2.05) is 4.98 Å². The number of halogens is 6. The summed E-state index contributed by atoms with van der Waals surface area (Å²) in [6.07, 6.45) is -7.74. The molecule has 8 nitrogen and oxygen atoms in total. The number of benzene rings is 1. The van der Waals surface area contributed by atoms with Gasteiger partial charge in [0, 0.05) is 55.9 Å². The monoisotopic (exact) mass is 513 g/mol. The summed E-state index contributed by atoms with van der Waals surface area (Å²) in [5, 5.41) is 0. The molecular weight excluding hydrogens is 496 g/mol. The van der Waals surface area contributed by atoms with Crippen molar-refractivity contribution in [2.45, 2.75) is 12.4 Å². The Bertz CT molecular complexity index is 1300. The number of hydrogen-bond acceptors (Lipinski definition) is 6. The highest BCUT2D eigenvalue weighted by Gasteiger charge is 2.35. The van der Waals surface area contributed by atoms with Crippen LogP contribution in [0.25, 0.3) is 11.1 Å². The zero-order valence-electron chi connectivity index (χ0n) is 18.2. The minimum absolute atomic E-state index is 0.00500. The first kappa shape index (κ1) is 25.0. The molecule has 1 saturated heterocycles. The van der Waals surface area contributed by atoms with Crippen molar-refractivity contribution in [3.8, 4) is 16.9 Å². The zero-order valence-corrected chi connectivity index (χ0v) is 18.2. The Labute approximate surface area is 199 Å². The lowest BCUT2D eigenvalue weighted by Crippen LogP contribution is -2.50. The molecule has 0 unspecified atom stereocenters. The highest BCUT2D eigenvalue weighted by atomic mass is 19.4. The van der Waals surface area contributed by atoms with Crippen LogP contribution in [0, 0.1) is 0 Å². The number of carbonyl (C=O) groups excluding carboxylic acids is 1. The molecule has 4 rings (SSSR count). The summed E-state index contributed by atoms with van der Waals surface area (Å²) in [6.45, 7) is 0.721. The van der Waals surface area contributed by atoms with Crippen LogP contribution in [0.5, 0.6) is 5.75 Å². The SMILES string of the molecule is O=C(Oc1ccccc1-c1c[nH]c(=O)c(C(F)(F)F)c1)N1CCN(c2ncc(C(F)(F)F)cn2)CC1. The van der Waals surface area contributed by atoms with Gasteiger partial charge in [-0.3, -0.25) is 4.79 Å². The Morgan fingerprint density at radius 1 is 0.944 bits per heavy atom. The van der Waals surface area contributed by atoms with Crippen LogP contribution in [-0.4, -0.2) is 52.1 Å². The lowest BCUT2D eigenvalue weighted by molar-refractivity contribution is -0.139. The van der Waals surface area contributed by atoms with Gasteiger partial charge in [0.2, 0.25) is 5.95 Å². The molecule has 1 aliphatic heterocycles. The van der Waals surface area contributed by atoms with Crippen LogP contribution >= 0.6 is 0 Å². The van der Waals surface area contributed by atoms with Crippen LogP contribution in [0.1, 0.15) is 11.1 Å². The average molecular weight is 513 g/mol. The number of aromatic amines is 1. The van der Waals surface area contributed by atoms with Crippen LogP contribution in [0.2, 0.25) is 0 Å². The van der Waals surface area contributed by atoms with E-state index in [4.69, 9.17) is 4.74 Å². The molecule has 1 aromatic carbocycles. The molecule has 0 bridgehead atoms. The Hall–Kier alpha value is -4.10. The molecule has 0 saturated carbocycles. The lowest BCUT2D eigenvalue weighted by Gasteiger charge is -2.34. The number of piperazine rings is 1. The molecule has 1 N–H and O–H groups in total. The second kappa shape index (κ2) is 9.51. The number of nitrogens with zero attached hydrogens (tertiary/aromatic N) is 4. The van der Waals surface area contributed by atoms with Gasteiger partial charge in [0.1, 0.15) is 11.3 Å². The summed E-state index contributed by atoms with van der Waals surface area (Å²) in [4.78, 5) is 36.8. The van der Waals surface area contributed by atoms with Crippen molar-refractivity contribution in [3.63, 3.8) is 0 Å². The number of alkyl halides is 6. The average Bonchev–Trinajstić information content (AvgIpc) is 2.84. The molecule has 3 heterocycles. The number of H-pyrrole nitrogens is 1. The van der Waals surface area contributed by atoms with Crippen molar-refractivity contribution >= 4 is 12.0 Å². The van der Waals surface area contributed by atoms with E-state index in [0.717, 1.165) is 6.20 Å². The Balaban J connectivity index is 1.45. The third-order valence-electron chi connectivity index (χ3n) is 5.39. The molecule has 14 heteroatoms. The minimum Gasteiger partial charge on any atom is -0.410 e. The first-order valence-electron chi connectivity index (χ1n) is 10.4. The third-order valence-corrected chi connectivity index (χ3v) is 5.39. The van der Waals surface area contributed by atoms with Gasteiger partial charge in [-0.1, -0.05) is 18.2 Å². The fourth-order valence-electron chi connectivity index (χ4n) is 3.52. The molecule has 3 aromatic rings. The van der Waals surface area contributed by atoms with Crippen LogP contribution in [0.3, 0.4) is 0 Å². The zero-order chi connectivity index (χ0) is 26.1. The Morgan fingerprint density at radius 2 is 1.58 bits per heavy atom. The maximum atomic E-state index is 13.1. The summed E-state index contributed by atoms with van der Waals surface area (Å²) in [5.41, 5.74) is -3.51. The highest BCUT2D eigenvalue weighted by Crippen LogP contribution is 2.33. The lowest BCUT2D eigenvalue weighted by atomic mass is 10.0. The largest absolute Gasteiger partial charge is 0.421 e. The molecular formula is C22H17F6N5O3. The van der Waals surface area contributed by atoms with Crippen LogP contribution in [0.15, 0.2) is 53.7 Å². The van der Waals surface area contributed by atoms with E-state index in [1.165, 1.54) is 29.2 Å². The van der Waals surface area contributed by atoms with E-state index in [9.17, 15) is 35.9 Å². The number of rotatable bonds is 3. The number of ether oxygens (including phenoxy) is 1. The first-order chi connectivity index (χ1) is 16.9. The van der Waals surface area contributed by atoms with Crippen molar-refractivity contribution in [3.05, 3.63) is 70.4 Å². The fourth-order valence-corrected chi connectivity index (χ4v) is 3.52. The van der Waals surface area contributed by atoms with Crippen molar-refractivity contribution in [1.29, 1.82) is 0 Å². The number of nitrogens with one attached hydrogen (secondary N) is 1. The van der Waals surface area contributed by atoms with Gasteiger partial charge in [-0.2, -0.15) is 26.3 Å². The number of aromatic nitrogens is 3. The van der Waals surface area contributed by atoms with Gasteiger partial charge >= 0.3 is 18.4 Å². The molecule has 190 valence electrons.